The van der Waals surface area contributed by atoms with Gasteiger partial charge < -0.3 is 15.5 Å². The van der Waals surface area contributed by atoms with Crippen molar-refractivity contribution in [1.29, 1.82) is 0 Å². The number of hydrogen-bond donors (Lipinski definition) is 2. The van der Waals surface area contributed by atoms with Gasteiger partial charge >= 0.3 is 0 Å². The molecule has 0 heterocycles. The van der Waals surface area contributed by atoms with Crippen molar-refractivity contribution in [2.24, 2.45) is 5.92 Å². The van der Waals surface area contributed by atoms with Crippen LogP contribution >= 0.6 is 12.4 Å². The van der Waals surface area contributed by atoms with E-state index in [0.717, 1.165) is 11.3 Å². The zero-order valence-corrected chi connectivity index (χ0v) is 14.5. The van der Waals surface area contributed by atoms with Gasteiger partial charge in [0.1, 0.15) is 0 Å². The van der Waals surface area contributed by atoms with Gasteiger partial charge in [0, 0.05) is 38.2 Å². The molecule has 0 fully saturated rings. The van der Waals surface area contributed by atoms with E-state index >= 15 is 0 Å². The minimum Gasteiger partial charge on any atom is -0.339 e. The number of nitrogens with one attached hydrogen (secondary N) is 2. The number of nitrogens with zero attached hydrogens (tertiary/aromatic N) is 1. The predicted octanol–water partition coefficient (Wildman–Crippen LogP) is 2.27. The molecule has 0 bridgehead atoms. The monoisotopic (exact) mass is 327 g/mol. The predicted molar refractivity (Wildman–Crippen MR) is 92.2 cm³/mol. The molecule has 0 saturated carbocycles. The van der Waals surface area contributed by atoms with E-state index in [0.29, 0.717) is 19.6 Å². The number of anilines is 1. The molecule has 6 heteroatoms. The van der Waals surface area contributed by atoms with E-state index in [9.17, 15) is 9.59 Å². The Balaban J connectivity index is 0.00000441. The Bertz CT molecular complexity index is 494. The van der Waals surface area contributed by atoms with Crippen LogP contribution in [-0.4, -0.2) is 36.9 Å². The first-order valence-electron chi connectivity index (χ1n) is 7.28. The first kappa shape index (κ1) is 20.4. The van der Waals surface area contributed by atoms with Crippen molar-refractivity contribution in [3.63, 3.8) is 0 Å². The van der Waals surface area contributed by atoms with E-state index in [1.54, 1.807) is 11.8 Å². The topological polar surface area (TPSA) is 61.4 Å². The Hall–Kier alpha value is -1.59. The summed E-state index contributed by atoms with van der Waals surface area (Å²) in [4.78, 5) is 25.4. The lowest BCUT2D eigenvalue weighted by Gasteiger charge is -2.21. The highest BCUT2D eigenvalue weighted by Gasteiger charge is 2.15. The molecule has 0 aliphatic heterocycles. The third-order valence-corrected chi connectivity index (χ3v) is 3.42. The standard InChI is InChI=1S/C16H25N3O2.ClH/c1-5-19(13(3)20)11-14-8-6-7-9-15(14)18-16(21)12(2)10-17-4;/h6-9,12,17H,5,10-11H2,1-4H3,(H,18,21);1H. The van der Waals surface area contributed by atoms with E-state index in [-0.39, 0.29) is 30.1 Å². The Labute approximate surface area is 138 Å². The van der Waals surface area contributed by atoms with Gasteiger partial charge in [-0.25, -0.2) is 0 Å². The molecule has 0 radical (unpaired) electrons. The highest BCUT2D eigenvalue weighted by Crippen LogP contribution is 2.18. The lowest BCUT2D eigenvalue weighted by atomic mass is 10.1. The molecule has 124 valence electrons. The second-order valence-electron chi connectivity index (χ2n) is 5.14. The SMILES string of the molecule is CCN(Cc1ccccc1NC(=O)C(C)CNC)C(C)=O.Cl. The molecule has 0 aliphatic carbocycles. The van der Waals surface area contributed by atoms with Gasteiger partial charge in [-0.3, -0.25) is 9.59 Å². The fraction of sp³-hybridized carbons (Fsp3) is 0.500. The summed E-state index contributed by atoms with van der Waals surface area (Å²) in [5.41, 5.74) is 1.71. The van der Waals surface area contributed by atoms with Crippen molar-refractivity contribution in [2.45, 2.75) is 27.3 Å². The average Bonchev–Trinajstić information content (AvgIpc) is 2.46. The van der Waals surface area contributed by atoms with E-state index in [2.05, 4.69) is 10.6 Å². The van der Waals surface area contributed by atoms with Crippen LogP contribution in [-0.2, 0) is 16.1 Å². The largest absolute Gasteiger partial charge is 0.339 e. The van der Waals surface area contributed by atoms with Gasteiger partial charge in [-0.15, -0.1) is 12.4 Å². The van der Waals surface area contributed by atoms with Crippen LogP contribution in [0, 0.1) is 5.92 Å². The number of rotatable bonds is 7. The molecular weight excluding hydrogens is 302 g/mol. The maximum atomic E-state index is 12.1. The Kier molecular flexibility index (Phi) is 9.45. The van der Waals surface area contributed by atoms with Gasteiger partial charge in [0.05, 0.1) is 0 Å². The molecule has 0 saturated heterocycles. The van der Waals surface area contributed by atoms with Crippen LogP contribution in [0.3, 0.4) is 0 Å². The van der Waals surface area contributed by atoms with Crippen LogP contribution in [0.4, 0.5) is 5.69 Å². The first-order valence-corrected chi connectivity index (χ1v) is 7.28. The van der Waals surface area contributed by atoms with Gasteiger partial charge in [0.15, 0.2) is 0 Å². The highest BCUT2D eigenvalue weighted by molar-refractivity contribution is 5.93. The fourth-order valence-corrected chi connectivity index (χ4v) is 2.09. The van der Waals surface area contributed by atoms with Gasteiger partial charge in [-0.1, -0.05) is 25.1 Å². The first-order chi connectivity index (χ1) is 9.99. The van der Waals surface area contributed by atoms with Crippen LogP contribution in [0.15, 0.2) is 24.3 Å². The summed E-state index contributed by atoms with van der Waals surface area (Å²) in [6.07, 6.45) is 0. The zero-order chi connectivity index (χ0) is 15.8. The van der Waals surface area contributed by atoms with Crippen molar-refractivity contribution < 1.29 is 9.59 Å². The van der Waals surface area contributed by atoms with E-state index in [1.165, 1.54) is 0 Å². The van der Waals surface area contributed by atoms with E-state index < -0.39 is 0 Å². The normalized spacial score (nSPS) is 11.3. The molecule has 1 unspecified atom stereocenters. The summed E-state index contributed by atoms with van der Waals surface area (Å²) in [5.74, 6) is -0.108. The smallest absolute Gasteiger partial charge is 0.228 e. The lowest BCUT2D eigenvalue weighted by molar-refractivity contribution is -0.129. The summed E-state index contributed by atoms with van der Waals surface area (Å²) >= 11 is 0. The summed E-state index contributed by atoms with van der Waals surface area (Å²) in [7, 11) is 1.82. The zero-order valence-electron chi connectivity index (χ0n) is 13.7. The van der Waals surface area contributed by atoms with Crippen LogP contribution < -0.4 is 10.6 Å². The summed E-state index contributed by atoms with van der Waals surface area (Å²) < 4.78 is 0. The van der Waals surface area contributed by atoms with Gasteiger partial charge in [-0.05, 0) is 25.6 Å². The van der Waals surface area contributed by atoms with Crippen LogP contribution in [0.1, 0.15) is 26.3 Å². The molecular formula is C16H26ClN3O2. The fourth-order valence-electron chi connectivity index (χ4n) is 2.09. The number of halogens is 1. The maximum absolute atomic E-state index is 12.1. The lowest BCUT2D eigenvalue weighted by Crippen LogP contribution is -2.30. The Morgan fingerprint density at radius 2 is 1.91 bits per heavy atom. The number of amides is 2. The quantitative estimate of drug-likeness (QED) is 0.807. The van der Waals surface area contributed by atoms with Crippen LogP contribution in [0.25, 0.3) is 0 Å². The summed E-state index contributed by atoms with van der Waals surface area (Å²) in [5, 5.41) is 5.94. The van der Waals surface area contributed by atoms with Crippen molar-refractivity contribution in [2.75, 3.05) is 25.5 Å². The Morgan fingerprint density at radius 3 is 2.45 bits per heavy atom. The third kappa shape index (κ3) is 6.03. The third-order valence-electron chi connectivity index (χ3n) is 3.42. The highest BCUT2D eigenvalue weighted by atomic mass is 35.5. The molecule has 1 aromatic carbocycles. The number of benzene rings is 1. The summed E-state index contributed by atoms with van der Waals surface area (Å²) in [6.45, 7) is 7.15. The van der Waals surface area contributed by atoms with Crippen molar-refractivity contribution >= 4 is 29.9 Å². The minimum atomic E-state index is -0.113. The molecule has 2 amide bonds. The molecule has 2 N–H and O–H groups in total. The number of carbonyl (C=O) groups is 2. The number of hydrogen-bond acceptors (Lipinski definition) is 3. The molecule has 0 aromatic heterocycles. The molecule has 1 aromatic rings. The minimum absolute atomic E-state index is 0. The second kappa shape index (κ2) is 10.2. The Morgan fingerprint density at radius 1 is 1.27 bits per heavy atom. The van der Waals surface area contributed by atoms with Crippen LogP contribution in [0.5, 0.6) is 0 Å². The number of carbonyl (C=O) groups excluding carboxylic acids is 2. The summed E-state index contributed by atoms with van der Waals surface area (Å²) in [6, 6.07) is 7.60. The number of para-hydroxylation sites is 1. The van der Waals surface area contributed by atoms with E-state index in [4.69, 9.17) is 0 Å². The maximum Gasteiger partial charge on any atom is 0.228 e. The molecule has 22 heavy (non-hydrogen) atoms. The van der Waals surface area contributed by atoms with Crippen molar-refractivity contribution in [3.8, 4) is 0 Å². The molecule has 0 spiro atoms. The van der Waals surface area contributed by atoms with Gasteiger partial charge in [0.25, 0.3) is 0 Å². The molecule has 0 aliphatic rings. The van der Waals surface area contributed by atoms with Gasteiger partial charge in [-0.2, -0.15) is 0 Å². The average molecular weight is 328 g/mol. The van der Waals surface area contributed by atoms with E-state index in [1.807, 2.05) is 45.2 Å². The van der Waals surface area contributed by atoms with Gasteiger partial charge in [0.2, 0.25) is 11.8 Å². The van der Waals surface area contributed by atoms with Crippen LogP contribution in [0.2, 0.25) is 0 Å². The van der Waals surface area contributed by atoms with Crippen molar-refractivity contribution in [1.82, 2.24) is 10.2 Å². The molecule has 5 nitrogen and oxygen atoms in total. The van der Waals surface area contributed by atoms with Crippen molar-refractivity contribution in [3.05, 3.63) is 29.8 Å². The molecule has 1 rings (SSSR count). The second-order valence-corrected chi connectivity index (χ2v) is 5.14. The molecule has 1 atom stereocenters.